The van der Waals surface area contributed by atoms with Gasteiger partial charge < -0.3 is 15.8 Å². The van der Waals surface area contributed by atoms with Gasteiger partial charge in [-0.15, -0.1) is 0 Å². The standard InChI is InChI=1S/C17H16ClF3N6O/c1-9(24-15-12(22)8-23-16(18)25-15)10-3-5-11(6-4-10)27-14(28-2)7-13(26-27)17(19,20)21/h3-9H,22H2,1-2H3,(H,23,24,25)/t9-/m1/s1. The van der Waals surface area contributed by atoms with Crippen LogP contribution in [0.3, 0.4) is 0 Å². The molecule has 3 rings (SSSR count). The van der Waals surface area contributed by atoms with Gasteiger partial charge in [0.1, 0.15) is 0 Å². The van der Waals surface area contributed by atoms with Crippen molar-refractivity contribution in [3.63, 3.8) is 0 Å². The van der Waals surface area contributed by atoms with E-state index in [4.69, 9.17) is 22.1 Å². The molecular formula is C17H16ClF3N6O. The van der Waals surface area contributed by atoms with Gasteiger partial charge in [0.15, 0.2) is 11.5 Å². The Morgan fingerprint density at radius 1 is 1.25 bits per heavy atom. The zero-order valence-electron chi connectivity index (χ0n) is 14.8. The Bertz CT molecular complexity index is 974. The minimum absolute atomic E-state index is 0.0188. The van der Waals surface area contributed by atoms with Crippen molar-refractivity contribution in [2.75, 3.05) is 18.2 Å². The van der Waals surface area contributed by atoms with E-state index < -0.39 is 11.9 Å². The SMILES string of the molecule is COc1cc(C(F)(F)F)nn1-c1ccc([C@@H](C)Nc2nc(Cl)ncc2N)cc1. The number of nitrogens with one attached hydrogen (secondary N) is 1. The Morgan fingerprint density at radius 3 is 2.54 bits per heavy atom. The van der Waals surface area contributed by atoms with Crippen LogP contribution in [0.2, 0.25) is 5.28 Å². The van der Waals surface area contributed by atoms with E-state index in [1.54, 1.807) is 24.3 Å². The number of alkyl halides is 3. The van der Waals surface area contributed by atoms with Gasteiger partial charge >= 0.3 is 6.18 Å². The molecule has 0 fully saturated rings. The summed E-state index contributed by atoms with van der Waals surface area (Å²) in [6.45, 7) is 1.88. The van der Waals surface area contributed by atoms with Crippen molar-refractivity contribution in [3.8, 4) is 11.6 Å². The number of anilines is 2. The highest BCUT2D eigenvalue weighted by Gasteiger charge is 2.35. The molecule has 3 aromatic rings. The molecule has 2 aromatic heterocycles. The van der Waals surface area contributed by atoms with E-state index in [2.05, 4.69) is 20.4 Å². The Hall–Kier alpha value is -3.01. The lowest BCUT2D eigenvalue weighted by molar-refractivity contribution is -0.141. The van der Waals surface area contributed by atoms with Crippen LogP contribution in [0, 0.1) is 0 Å². The summed E-state index contributed by atoms with van der Waals surface area (Å²) < 4.78 is 44.8. The van der Waals surface area contributed by atoms with Crippen LogP contribution >= 0.6 is 11.6 Å². The zero-order chi connectivity index (χ0) is 20.5. The second kappa shape index (κ2) is 7.55. The summed E-state index contributed by atoms with van der Waals surface area (Å²) in [4.78, 5) is 7.82. The third-order valence-electron chi connectivity index (χ3n) is 3.95. The summed E-state index contributed by atoms with van der Waals surface area (Å²) in [6.07, 6.45) is -3.16. The number of hydrogen-bond acceptors (Lipinski definition) is 6. The first kappa shape index (κ1) is 19.7. The summed E-state index contributed by atoms with van der Waals surface area (Å²) in [7, 11) is 1.28. The lowest BCUT2D eigenvalue weighted by Gasteiger charge is -2.17. The van der Waals surface area contributed by atoms with Gasteiger partial charge in [0.25, 0.3) is 0 Å². The summed E-state index contributed by atoms with van der Waals surface area (Å²) in [5, 5.41) is 6.77. The second-order valence-corrected chi connectivity index (χ2v) is 6.22. The predicted octanol–water partition coefficient (Wildman–Crippen LogP) is 4.10. The predicted molar refractivity (Wildman–Crippen MR) is 98.6 cm³/mol. The maximum Gasteiger partial charge on any atom is 0.435 e. The van der Waals surface area contributed by atoms with Gasteiger partial charge in [-0.2, -0.15) is 23.3 Å². The highest BCUT2D eigenvalue weighted by molar-refractivity contribution is 6.28. The first-order valence-electron chi connectivity index (χ1n) is 8.05. The number of nitrogens with zero attached hydrogens (tertiary/aromatic N) is 4. The van der Waals surface area contributed by atoms with Crippen LogP contribution in [0.1, 0.15) is 24.2 Å². The molecule has 1 atom stereocenters. The zero-order valence-corrected chi connectivity index (χ0v) is 15.6. The van der Waals surface area contributed by atoms with Gasteiger partial charge in [-0.3, -0.25) is 0 Å². The van der Waals surface area contributed by atoms with Crippen LogP contribution in [0.15, 0.2) is 36.5 Å². The molecule has 2 heterocycles. The van der Waals surface area contributed by atoms with Crippen LogP contribution in [-0.2, 0) is 6.18 Å². The van der Waals surface area contributed by atoms with E-state index >= 15 is 0 Å². The summed E-state index contributed by atoms with van der Waals surface area (Å²) in [6, 6.07) is 7.42. The fourth-order valence-corrected chi connectivity index (χ4v) is 2.64. The number of ether oxygens (including phenoxy) is 1. The molecule has 0 bridgehead atoms. The van der Waals surface area contributed by atoms with Gasteiger partial charge in [0.2, 0.25) is 11.2 Å². The van der Waals surface area contributed by atoms with E-state index in [0.29, 0.717) is 17.2 Å². The first-order valence-corrected chi connectivity index (χ1v) is 8.43. The number of halogens is 4. The topological polar surface area (TPSA) is 90.9 Å². The van der Waals surface area contributed by atoms with Crippen LogP contribution in [-0.4, -0.2) is 26.9 Å². The Labute approximate surface area is 163 Å². The van der Waals surface area contributed by atoms with Gasteiger partial charge in [0, 0.05) is 6.07 Å². The largest absolute Gasteiger partial charge is 0.481 e. The number of benzene rings is 1. The van der Waals surface area contributed by atoms with E-state index in [9.17, 15) is 13.2 Å². The molecule has 3 N–H and O–H groups in total. The molecule has 0 saturated carbocycles. The number of nitrogens with two attached hydrogens (primary N) is 1. The number of nitrogen functional groups attached to an aromatic ring is 1. The Morgan fingerprint density at radius 2 is 1.93 bits per heavy atom. The molecular weight excluding hydrogens is 397 g/mol. The molecule has 0 aliphatic carbocycles. The Balaban J connectivity index is 1.83. The maximum absolute atomic E-state index is 12.9. The molecule has 0 radical (unpaired) electrons. The van der Waals surface area contributed by atoms with E-state index in [1.807, 2.05) is 6.92 Å². The van der Waals surface area contributed by atoms with Gasteiger partial charge in [-0.1, -0.05) is 12.1 Å². The van der Waals surface area contributed by atoms with E-state index in [1.165, 1.54) is 13.3 Å². The third kappa shape index (κ3) is 4.11. The second-order valence-electron chi connectivity index (χ2n) is 5.88. The quantitative estimate of drug-likeness (QED) is 0.613. The van der Waals surface area contributed by atoms with Crippen molar-refractivity contribution in [3.05, 3.63) is 53.1 Å². The van der Waals surface area contributed by atoms with Gasteiger partial charge in [-0.05, 0) is 36.2 Å². The highest BCUT2D eigenvalue weighted by Crippen LogP contribution is 2.32. The number of methoxy groups -OCH3 is 1. The minimum Gasteiger partial charge on any atom is -0.481 e. The fraction of sp³-hybridized carbons (Fsp3) is 0.235. The number of rotatable bonds is 5. The lowest BCUT2D eigenvalue weighted by atomic mass is 10.1. The van der Waals surface area contributed by atoms with Crippen molar-refractivity contribution in [2.45, 2.75) is 19.1 Å². The molecule has 148 valence electrons. The molecule has 0 spiro atoms. The third-order valence-corrected chi connectivity index (χ3v) is 4.14. The highest BCUT2D eigenvalue weighted by atomic mass is 35.5. The number of aromatic nitrogens is 4. The van der Waals surface area contributed by atoms with Crippen LogP contribution in [0.25, 0.3) is 5.69 Å². The molecule has 28 heavy (non-hydrogen) atoms. The molecule has 0 aliphatic rings. The van der Waals surface area contributed by atoms with Crippen LogP contribution in [0.4, 0.5) is 24.7 Å². The summed E-state index contributed by atoms with van der Waals surface area (Å²) >= 11 is 5.78. The molecule has 11 heteroatoms. The monoisotopic (exact) mass is 412 g/mol. The fourth-order valence-electron chi connectivity index (χ4n) is 2.51. The average molecular weight is 413 g/mol. The molecule has 0 unspecified atom stereocenters. The molecule has 0 saturated heterocycles. The minimum atomic E-state index is -4.56. The van der Waals surface area contributed by atoms with Crippen LogP contribution in [0.5, 0.6) is 5.88 Å². The van der Waals surface area contributed by atoms with E-state index in [-0.39, 0.29) is 17.2 Å². The van der Waals surface area contributed by atoms with Crippen molar-refractivity contribution in [1.29, 1.82) is 0 Å². The van der Waals surface area contributed by atoms with Crippen LogP contribution < -0.4 is 15.8 Å². The van der Waals surface area contributed by atoms with Crippen molar-refractivity contribution >= 4 is 23.1 Å². The Kier molecular flexibility index (Phi) is 5.32. The van der Waals surface area contributed by atoms with Gasteiger partial charge in [0.05, 0.1) is 30.7 Å². The smallest absolute Gasteiger partial charge is 0.435 e. The molecule has 1 aromatic carbocycles. The molecule has 0 amide bonds. The summed E-state index contributed by atoms with van der Waals surface area (Å²) in [5.74, 6) is 0.370. The molecule has 0 aliphatic heterocycles. The molecule has 7 nitrogen and oxygen atoms in total. The van der Waals surface area contributed by atoms with E-state index in [0.717, 1.165) is 16.3 Å². The normalized spacial score (nSPS) is 12.6. The summed E-state index contributed by atoms with van der Waals surface area (Å²) in [5.41, 5.74) is 6.41. The maximum atomic E-state index is 12.9. The van der Waals surface area contributed by atoms with Crippen molar-refractivity contribution in [2.24, 2.45) is 0 Å². The van der Waals surface area contributed by atoms with Crippen molar-refractivity contribution in [1.82, 2.24) is 19.7 Å². The van der Waals surface area contributed by atoms with Gasteiger partial charge in [-0.25, -0.2) is 9.67 Å². The lowest BCUT2D eigenvalue weighted by Crippen LogP contribution is -2.11. The first-order chi connectivity index (χ1) is 13.2. The van der Waals surface area contributed by atoms with Crippen molar-refractivity contribution < 1.29 is 17.9 Å². The number of hydrogen-bond donors (Lipinski definition) is 2. The average Bonchev–Trinajstić information content (AvgIpc) is 3.09.